The van der Waals surface area contributed by atoms with Crippen molar-refractivity contribution < 1.29 is 19.8 Å². The minimum Gasteiger partial charge on any atom is -0.480 e. The minimum absolute atomic E-state index is 0.0676. The van der Waals surface area contributed by atoms with Crippen LogP contribution >= 0.6 is 0 Å². The number of carboxylic acids is 1. The van der Waals surface area contributed by atoms with Crippen LogP contribution in [0.15, 0.2) is 24.3 Å². The number of benzene rings is 1. The van der Waals surface area contributed by atoms with Crippen LogP contribution in [-0.4, -0.2) is 45.7 Å². The van der Waals surface area contributed by atoms with Crippen LogP contribution in [-0.2, 0) is 16.0 Å². The summed E-state index contributed by atoms with van der Waals surface area (Å²) in [6.07, 6.45) is -0.606. The zero-order valence-corrected chi connectivity index (χ0v) is 10.3. The van der Waals surface area contributed by atoms with E-state index in [2.05, 4.69) is 0 Å². The topological polar surface area (TPSA) is 104 Å². The molecule has 2 unspecified atom stereocenters. The van der Waals surface area contributed by atoms with Gasteiger partial charge in [-0.3, -0.25) is 4.79 Å². The molecule has 1 aromatic carbocycles. The summed E-state index contributed by atoms with van der Waals surface area (Å²) in [4.78, 5) is 24.4. The number of aliphatic hydroxyl groups is 1. The lowest BCUT2D eigenvalue weighted by Gasteiger charge is -2.21. The average molecular weight is 264 g/mol. The van der Waals surface area contributed by atoms with E-state index in [0.717, 1.165) is 5.56 Å². The normalized spacial score (nSPS) is 22.5. The maximum atomic E-state index is 12.1. The zero-order valence-electron chi connectivity index (χ0n) is 10.3. The summed E-state index contributed by atoms with van der Waals surface area (Å²) in [5.41, 5.74) is 6.92. The van der Waals surface area contributed by atoms with E-state index in [1.54, 1.807) is 24.3 Å². The van der Waals surface area contributed by atoms with Crippen LogP contribution < -0.4 is 5.73 Å². The molecule has 2 rings (SSSR count). The number of likely N-dealkylation sites (tertiary alicyclic amines) is 1. The number of rotatable bonds is 3. The molecule has 1 aliphatic rings. The Balaban J connectivity index is 2.09. The van der Waals surface area contributed by atoms with E-state index in [0.29, 0.717) is 5.69 Å². The van der Waals surface area contributed by atoms with E-state index in [9.17, 15) is 14.7 Å². The quantitative estimate of drug-likeness (QED) is 0.659. The highest BCUT2D eigenvalue weighted by Crippen LogP contribution is 2.20. The Kier molecular flexibility index (Phi) is 3.71. The Bertz CT molecular complexity index is 503. The number of carboxylic acid groups (broad SMARTS) is 1. The van der Waals surface area contributed by atoms with Gasteiger partial charge < -0.3 is 20.8 Å². The van der Waals surface area contributed by atoms with Crippen LogP contribution in [0, 0.1) is 0 Å². The standard InChI is InChI=1S/C13H16N2O4/c14-9-3-1-2-8(4-9)5-12(17)15-7-10(16)6-11(15)13(18)19/h1-4,10-11,16H,5-7,14H2,(H,18,19). The summed E-state index contributed by atoms with van der Waals surface area (Å²) in [5, 5.41) is 18.5. The van der Waals surface area contributed by atoms with Crippen molar-refractivity contribution in [2.45, 2.75) is 25.0 Å². The molecule has 1 amide bonds. The number of anilines is 1. The van der Waals surface area contributed by atoms with Gasteiger partial charge in [-0.1, -0.05) is 12.1 Å². The summed E-state index contributed by atoms with van der Waals surface area (Å²) >= 11 is 0. The first kappa shape index (κ1) is 13.4. The number of amides is 1. The first-order valence-corrected chi connectivity index (χ1v) is 6.02. The van der Waals surface area contributed by atoms with E-state index >= 15 is 0 Å². The fourth-order valence-electron chi connectivity index (χ4n) is 2.30. The molecule has 0 radical (unpaired) electrons. The Labute approximate surface area is 110 Å². The van der Waals surface area contributed by atoms with E-state index in [1.165, 1.54) is 4.90 Å². The van der Waals surface area contributed by atoms with Gasteiger partial charge in [0.25, 0.3) is 0 Å². The third kappa shape index (κ3) is 3.03. The SMILES string of the molecule is Nc1cccc(CC(=O)N2CC(O)CC2C(=O)O)c1. The van der Waals surface area contributed by atoms with Crippen LogP contribution in [0.2, 0.25) is 0 Å². The van der Waals surface area contributed by atoms with Gasteiger partial charge in [-0.15, -0.1) is 0 Å². The summed E-state index contributed by atoms with van der Waals surface area (Å²) in [6, 6.07) is 5.96. The predicted octanol–water partition coefficient (Wildman–Crippen LogP) is -0.142. The number of hydrogen-bond acceptors (Lipinski definition) is 4. The number of β-amino-alcohol motifs (C(OH)–C–C–N with tert-alkyl or cyclic N) is 1. The van der Waals surface area contributed by atoms with Crippen molar-refractivity contribution in [3.63, 3.8) is 0 Å². The fourth-order valence-corrected chi connectivity index (χ4v) is 2.30. The van der Waals surface area contributed by atoms with Crippen LogP contribution in [0.1, 0.15) is 12.0 Å². The molecular weight excluding hydrogens is 248 g/mol. The number of nitrogen functional groups attached to an aromatic ring is 1. The molecule has 0 saturated carbocycles. The lowest BCUT2D eigenvalue weighted by molar-refractivity contribution is -0.148. The van der Waals surface area contributed by atoms with Crippen molar-refractivity contribution in [2.75, 3.05) is 12.3 Å². The second-order valence-electron chi connectivity index (χ2n) is 4.71. The second-order valence-corrected chi connectivity index (χ2v) is 4.71. The predicted molar refractivity (Wildman–Crippen MR) is 68.3 cm³/mol. The number of aliphatic carboxylic acids is 1. The Morgan fingerprint density at radius 3 is 2.79 bits per heavy atom. The van der Waals surface area contributed by atoms with E-state index in [-0.39, 0.29) is 25.3 Å². The molecule has 1 heterocycles. The number of carbonyl (C=O) groups is 2. The highest BCUT2D eigenvalue weighted by molar-refractivity contribution is 5.85. The molecule has 1 fully saturated rings. The molecule has 6 nitrogen and oxygen atoms in total. The maximum Gasteiger partial charge on any atom is 0.326 e. The van der Waals surface area contributed by atoms with Crippen LogP contribution in [0.5, 0.6) is 0 Å². The summed E-state index contributed by atoms with van der Waals surface area (Å²) in [7, 11) is 0. The van der Waals surface area contributed by atoms with E-state index < -0.39 is 18.1 Å². The van der Waals surface area contributed by atoms with Crippen LogP contribution in [0.25, 0.3) is 0 Å². The molecule has 19 heavy (non-hydrogen) atoms. The van der Waals surface area contributed by atoms with Crippen molar-refractivity contribution in [1.82, 2.24) is 4.90 Å². The molecule has 1 saturated heterocycles. The third-order valence-electron chi connectivity index (χ3n) is 3.19. The van der Waals surface area contributed by atoms with Gasteiger partial charge in [-0.2, -0.15) is 0 Å². The molecule has 1 aliphatic heterocycles. The highest BCUT2D eigenvalue weighted by atomic mass is 16.4. The first-order chi connectivity index (χ1) is 8.97. The van der Waals surface area contributed by atoms with Gasteiger partial charge >= 0.3 is 5.97 Å². The molecule has 0 aromatic heterocycles. The molecule has 0 bridgehead atoms. The van der Waals surface area contributed by atoms with Gasteiger partial charge in [0.15, 0.2) is 0 Å². The molecule has 2 atom stereocenters. The summed E-state index contributed by atoms with van der Waals surface area (Å²) < 4.78 is 0. The van der Waals surface area contributed by atoms with Crippen molar-refractivity contribution >= 4 is 17.6 Å². The summed E-state index contributed by atoms with van der Waals surface area (Å²) in [5.74, 6) is -1.40. The van der Waals surface area contributed by atoms with Crippen molar-refractivity contribution in [3.05, 3.63) is 29.8 Å². The molecule has 0 spiro atoms. The highest BCUT2D eigenvalue weighted by Gasteiger charge is 2.38. The van der Waals surface area contributed by atoms with Gasteiger partial charge in [0.05, 0.1) is 12.5 Å². The molecule has 6 heteroatoms. The van der Waals surface area contributed by atoms with Gasteiger partial charge in [0.2, 0.25) is 5.91 Å². The van der Waals surface area contributed by atoms with E-state index in [4.69, 9.17) is 10.8 Å². The smallest absolute Gasteiger partial charge is 0.326 e. The maximum absolute atomic E-state index is 12.1. The molecule has 0 aliphatic carbocycles. The van der Waals surface area contributed by atoms with E-state index in [1.807, 2.05) is 0 Å². The van der Waals surface area contributed by atoms with Crippen molar-refractivity contribution in [1.29, 1.82) is 0 Å². The lowest BCUT2D eigenvalue weighted by atomic mass is 10.1. The largest absolute Gasteiger partial charge is 0.480 e. The van der Waals surface area contributed by atoms with Gasteiger partial charge in [-0.25, -0.2) is 4.79 Å². The Morgan fingerprint density at radius 2 is 2.16 bits per heavy atom. The minimum atomic E-state index is -1.09. The second kappa shape index (κ2) is 5.27. The monoisotopic (exact) mass is 264 g/mol. The first-order valence-electron chi connectivity index (χ1n) is 6.02. The van der Waals surface area contributed by atoms with Gasteiger partial charge in [0.1, 0.15) is 6.04 Å². The molecular formula is C13H16N2O4. The molecule has 4 N–H and O–H groups in total. The van der Waals surface area contributed by atoms with Crippen molar-refractivity contribution in [3.8, 4) is 0 Å². The number of nitrogens with zero attached hydrogens (tertiary/aromatic N) is 1. The average Bonchev–Trinajstić information content (AvgIpc) is 2.71. The zero-order chi connectivity index (χ0) is 14.0. The Hall–Kier alpha value is -2.08. The Morgan fingerprint density at radius 1 is 1.42 bits per heavy atom. The fraction of sp³-hybridized carbons (Fsp3) is 0.385. The number of aliphatic hydroxyl groups excluding tert-OH is 1. The van der Waals surface area contributed by atoms with Crippen LogP contribution in [0.4, 0.5) is 5.69 Å². The van der Waals surface area contributed by atoms with Crippen LogP contribution in [0.3, 0.4) is 0 Å². The number of hydrogen-bond donors (Lipinski definition) is 3. The summed E-state index contributed by atoms with van der Waals surface area (Å²) in [6.45, 7) is 0.0676. The van der Waals surface area contributed by atoms with Crippen molar-refractivity contribution in [2.24, 2.45) is 0 Å². The number of carbonyl (C=O) groups excluding carboxylic acids is 1. The third-order valence-corrected chi connectivity index (χ3v) is 3.19. The number of nitrogens with two attached hydrogens (primary N) is 1. The molecule has 102 valence electrons. The van der Waals surface area contributed by atoms with Gasteiger partial charge in [0, 0.05) is 18.7 Å². The van der Waals surface area contributed by atoms with Gasteiger partial charge in [-0.05, 0) is 17.7 Å². The lowest BCUT2D eigenvalue weighted by Crippen LogP contribution is -2.41. The molecule has 1 aromatic rings.